The average molecular weight is 775 g/mol. The van der Waals surface area contributed by atoms with Gasteiger partial charge in [-0.25, -0.2) is 0 Å². The maximum absolute atomic E-state index is 15.0. The molecular weight excluding hydrogens is 713 g/mol. The largest absolute Gasteiger partial charge is 0.381 e. The standard InChI is InChI=1S/C43H62N6O7/c1-6-14-30(36(51)41(55)44-27-21-22-27)46-38(52)32-23-26-17-10-13-20-31(26)49(32)42(56)37(43(3,4)5)48-39(53)34(25-15-8-7-9-16-25)47-40(54)35-33(24(2)50)28-18-11-12-19-29(28)45-35/h11-12,18-19,25-27,30-32,34,36-37,45,51H,6-10,13-17,20-23H2,1-5H3,(H,44,55)(H,46,52)(H,47,54)(H,48,53)/t26-,30-,31-,32-,34-,36?,37+/m0/s1. The summed E-state index contributed by atoms with van der Waals surface area (Å²) in [4.78, 5) is 88.3. The highest BCUT2D eigenvalue weighted by Gasteiger charge is 2.51. The molecule has 0 spiro atoms. The summed E-state index contributed by atoms with van der Waals surface area (Å²) in [6, 6.07) is 3.41. The molecule has 2 aromatic rings. The van der Waals surface area contributed by atoms with Gasteiger partial charge in [-0.3, -0.25) is 28.8 Å². The summed E-state index contributed by atoms with van der Waals surface area (Å²) >= 11 is 0. The smallest absolute Gasteiger partial charge is 0.269 e. The minimum atomic E-state index is -1.42. The lowest BCUT2D eigenvalue weighted by atomic mass is 9.81. The molecule has 1 aromatic carbocycles. The molecule has 4 aliphatic rings. The van der Waals surface area contributed by atoms with Crippen molar-refractivity contribution in [2.24, 2.45) is 17.3 Å². The van der Waals surface area contributed by atoms with Crippen molar-refractivity contribution in [3.8, 4) is 0 Å². The lowest BCUT2D eigenvalue weighted by molar-refractivity contribution is -0.147. The number of H-pyrrole nitrogens is 1. The number of likely N-dealkylation sites (tertiary alicyclic amines) is 1. The number of ketones is 1. The van der Waals surface area contributed by atoms with Gasteiger partial charge in [0.05, 0.1) is 11.6 Å². The molecule has 3 saturated carbocycles. The Balaban J connectivity index is 1.26. The van der Waals surface area contributed by atoms with Crippen molar-refractivity contribution in [1.29, 1.82) is 0 Å². The summed E-state index contributed by atoms with van der Waals surface area (Å²) in [6.45, 7) is 8.97. The summed E-state index contributed by atoms with van der Waals surface area (Å²) in [5, 5.41) is 23.5. The van der Waals surface area contributed by atoms with Crippen LogP contribution in [0.5, 0.6) is 0 Å². The number of amides is 5. The van der Waals surface area contributed by atoms with Gasteiger partial charge in [0.1, 0.15) is 23.8 Å². The first-order chi connectivity index (χ1) is 26.7. The van der Waals surface area contributed by atoms with Crippen LogP contribution < -0.4 is 21.3 Å². The van der Waals surface area contributed by atoms with Crippen LogP contribution in [0.3, 0.4) is 0 Å². The third-order valence-corrected chi connectivity index (χ3v) is 12.5. The lowest BCUT2D eigenvalue weighted by Crippen LogP contribution is -2.63. The van der Waals surface area contributed by atoms with Gasteiger partial charge < -0.3 is 36.3 Å². The lowest BCUT2D eigenvalue weighted by Gasteiger charge is -2.40. The van der Waals surface area contributed by atoms with E-state index in [0.29, 0.717) is 30.2 Å². The molecule has 3 aliphatic carbocycles. The molecule has 4 fully saturated rings. The highest BCUT2D eigenvalue weighted by atomic mass is 16.3. The molecule has 2 heterocycles. The first-order valence-electron chi connectivity index (χ1n) is 21.0. The van der Waals surface area contributed by atoms with Crippen LogP contribution >= 0.6 is 0 Å². The molecule has 6 N–H and O–H groups in total. The van der Waals surface area contributed by atoms with Crippen LogP contribution in [-0.4, -0.2) is 92.7 Å². The van der Waals surface area contributed by atoms with E-state index in [1.54, 1.807) is 23.1 Å². The summed E-state index contributed by atoms with van der Waals surface area (Å²) in [5.41, 5.74) is 0.229. The molecule has 1 saturated heterocycles. The molecular formula is C43H62N6O7. The number of hydrogen-bond donors (Lipinski definition) is 6. The van der Waals surface area contributed by atoms with Crippen molar-refractivity contribution in [3.05, 3.63) is 35.5 Å². The van der Waals surface area contributed by atoms with Gasteiger partial charge in [-0.15, -0.1) is 0 Å². The Morgan fingerprint density at radius 2 is 1.55 bits per heavy atom. The Morgan fingerprint density at radius 3 is 2.21 bits per heavy atom. The van der Waals surface area contributed by atoms with E-state index in [9.17, 15) is 29.1 Å². The Labute approximate surface area is 330 Å². The van der Waals surface area contributed by atoms with Gasteiger partial charge in [-0.05, 0) is 81.6 Å². The van der Waals surface area contributed by atoms with Crippen LogP contribution in [0.1, 0.15) is 145 Å². The van der Waals surface area contributed by atoms with Crippen molar-refractivity contribution in [3.63, 3.8) is 0 Å². The van der Waals surface area contributed by atoms with E-state index < -0.39 is 59.3 Å². The minimum absolute atomic E-state index is 0.0587. The van der Waals surface area contributed by atoms with Gasteiger partial charge in [0.25, 0.3) is 11.8 Å². The zero-order valence-corrected chi connectivity index (χ0v) is 33.7. The van der Waals surface area contributed by atoms with Crippen molar-refractivity contribution in [2.45, 2.75) is 167 Å². The minimum Gasteiger partial charge on any atom is -0.381 e. The predicted octanol–water partition coefficient (Wildman–Crippen LogP) is 4.66. The Kier molecular flexibility index (Phi) is 12.9. The van der Waals surface area contributed by atoms with E-state index in [0.717, 1.165) is 70.6 Å². The molecule has 1 aromatic heterocycles. The highest BCUT2D eigenvalue weighted by molar-refractivity contribution is 6.16. The second-order valence-electron chi connectivity index (χ2n) is 17.9. The highest BCUT2D eigenvalue weighted by Crippen LogP contribution is 2.41. The quantitative estimate of drug-likeness (QED) is 0.151. The average Bonchev–Trinajstić information content (AvgIpc) is 3.76. The molecule has 0 bridgehead atoms. The van der Waals surface area contributed by atoms with E-state index >= 15 is 4.79 Å². The van der Waals surface area contributed by atoms with Crippen molar-refractivity contribution < 1.29 is 33.9 Å². The van der Waals surface area contributed by atoms with Gasteiger partial charge in [0.2, 0.25) is 17.7 Å². The second-order valence-corrected chi connectivity index (χ2v) is 17.9. The third kappa shape index (κ3) is 9.13. The number of hydrogen-bond acceptors (Lipinski definition) is 7. The predicted molar refractivity (Wildman–Crippen MR) is 213 cm³/mol. The number of aliphatic hydroxyl groups excluding tert-OH is 1. The first kappa shape index (κ1) is 41.4. The van der Waals surface area contributed by atoms with Crippen LogP contribution in [0, 0.1) is 17.3 Å². The number of nitrogens with zero attached hydrogens (tertiary/aromatic N) is 1. The first-order valence-corrected chi connectivity index (χ1v) is 21.0. The van der Waals surface area contributed by atoms with Gasteiger partial charge in [-0.2, -0.15) is 0 Å². The van der Waals surface area contributed by atoms with E-state index in [-0.39, 0.29) is 46.9 Å². The summed E-state index contributed by atoms with van der Waals surface area (Å²) < 4.78 is 0. The van der Waals surface area contributed by atoms with Crippen molar-refractivity contribution in [1.82, 2.24) is 31.2 Å². The molecule has 13 heteroatoms. The number of nitrogens with one attached hydrogen (secondary N) is 5. The molecule has 1 unspecified atom stereocenters. The number of fused-ring (bicyclic) bond motifs is 2. The monoisotopic (exact) mass is 774 g/mol. The van der Waals surface area contributed by atoms with Crippen LogP contribution in [0.25, 0.3) is 10.9 Å². The molecule has 1 aliphatic heterocycles. The second kappa shape index (κ2) is 17.5. The topological polar surface area (TPSA) is 190 Å². The Hall–Kier alpha value is -4.26. The maximum atomic E-state index is 15.0. The Bertz CT molecular complexity index is 1790. The molecule has 56 heavy (non-hydrogen) atoms. The van der Waals surface area contributed by atoms with Crippen LogP contribution in [-0.2, 0) is 19.2 Å². The summed E-state index contributed by atoms with van der Waals surface area (Å²) in [6.07, 6.45) is 9.60. The van der Waals surface area contributed by atoms with Crippen LogP contribution in [0.2, 0.25) is 0 Å². The number of aromatic nitrogens is 1. The number of aliphatic hydroxyl groups is 1. The fourth-order valence-corrected chi connectivity index (χ4v) is 9.39. The van der Waals surface area contributed by atoms with Gasteiger partial charge in [0, 0.05) is 23.0 Å². The van der Waals surface area contributed by atoms with Gasteiger partial charge in [0.15, 0.2) is 11.9 Å². The summed E-state index contributed by atoms with van der Waals surface area (Å²) in [7, 11) is 0. The molecule has 7 atom stereocenters. The van der Waals surface area contributed by atoms with E-state index in [2.05, 4.69) is 26.3 Å². The normalized spacial score (nSPS) is 23.7. The number of benzene rings is 1. The van der Waals surface area contributed by atoms with E-state index in [1.807, 2.05) is 33.8 Å². The number of aromatic amines is 1. The molecule has 13 nitrogen and oxygen atoms in total. The SMILES string of the molecule is CCC[C@H](NC(=O)[C@@H]1C[C@@H]2CCCC[C@@H]2N1C(=O)[C@@H](NC(=O)[C@@H](NC(=O)c1[nH]c2ccccc2c1C(C)=O)C1CCCCC1)C(C)(C)C)C(O)C(=O)NC1CC1. The van der Waals surface area contributed by atoms with E-state index in [4.69, 9.17) is 0 Å². The van der Waals surface area contributed by atoms with E-state index in [1.165, 1.54) is 6.92 Å². The Morgan fingerprint density at radius 1 is 0.875 bits per heavy atom. The van der Waals surface area contributed by atoms with Crippen molar-refractivity contribution in [2.75, 3.05) is 0 Å². The number of para-hydroxylation sites is 1. The van der Waals surface area contributed by atoms with Gasteiger partial charge >= 0.3 is 0 Å². The summed E-state index contributed by atoms with van der Waals surface area (Å²) in [5.74, 6) is -2.66. The van der Waals surface area contributed by atoms with Crippen LogP contribution in [0.15, 0.2) is 24.3 Å². The third-order valence-electron chi connectivity index (χ3n) is 12.5. The molecule has 0 radical (unpaired) electrons. The molecule has 6 rings (SSSR count). The van der Waals surface area contributed by atoms with Crippen molar-refractivity contribution >= 4 is 46.2 Å². The fourth-order valence-electron chi connectivity index (χ4n) is 9.39. The number of carbonyl (C=O) groups is 6. The van der Waals surface area contributed by atoms with Crippen LogP contribution in [0.4, 0.5) is 0 Å². The maximum Gasteiger partial charge on any atom is 0.269 e. The fraction of sp³-hybridized carbons (Fsp3) is 0.674. The zero-order valence-electron chi connectivity index (χ0n) is 33.7. The molecule has 5 amide bonds. The van der Waals surface area contributed by atoms with Gasteiger partial charge in [-0.1, -0.05) is 84.4 Å². The molecule has 306 valence electrons. The number of carbonyl (C=O) groups excluding carboxylic acids is 6. The number of rotatable bonds is 14. The number of Topliss-reactive ketones (excluding diaryl/α,β-unsaturated/α-hetero) is 1. The zero-order chi connectivity index (χ0) is 40.3.